The van der Waals surface area contributed by atoms with Crippen LogP contribution in [0.2, 0.25) is 0 Å². The van der Waals surface area contributed by atoms with Crippen molar-refractivity contribution in [2.24, 2.45) is 5.92 Å². The first-order chi connectivity index (χ1) is 10.1. The maximum Gasteiger partial charge on any atom is 0.329 e. The maximum atomic E-state index is 12.2. The fraction of sp³-hybridized carbons (Fsp3) is 0.867. The summed E-state index contributed by atoms with van der Waals surface area (Å²) in [5, 5.41) is 11.7. The molecule has 0 aromatic rings. The predicted octanol–water partition coefficient (Wildman–Crippen LogP) is 1.84. The number of likely N-dealkylation sites (tertiary alicyclic amines) is 1. The van der Waals surface area contributed by atoms with E-state index in [1.807, 2.05) is 4.90 Å². The second kappa shape index (κ2) is 7.64. The van der Waals surface area contributed by atoms with Gasteiger partial charge in [0.05, 0.1) is 6.10 Å². The van der Waals surface area contributed by atoms with E-state index in [4.69, 9.17) is 9.84 Å². The summed E-state index contributed by atoms with van der Waals surface area (Å²) in [4.78, 5) is 24.5. The van der Waals surface area contributed by atoms with Crippen LogP contribution in [-0.4, -0.2) is 53.8 Å². The van der Waals surface area contributed by atoms with Crippen LogP contribution in [0.1, 0.15) is 45.4 Å². The van der Waals surface area contributed by atoms with Gasteiger partial charge in [0, 0.05) is 19.1 Å². The van der Waals surface area contributed by atoms with E-state index in [2.05, 4.69) is 12.2 Å². The number of aliphatic carboxylic acids is 1. The van der Waals surface area contributed by atoms with Gasteiger partial charge in [-0.1, -0.05) is 12.8 Å². The second-order valence-electron chi connectivity index (χ2n) is 6.17. The fourth-order valence-electron chi connectivity index (χ4n) is 3.28. The Balaban J connectivity index is 1.68. The summed E-state index contributed by atoms with van der Waals surface area (Å²) in [6, 6.07) is 0.243. The third-order valence-corrected chi connectivity index (χ3v) is 4.63. The van der Waals surface area contributed by atoms with Gasteiger partial charge in [-0.3, -0.25) is 0 Å². The number of carboxylic acids is 1. The summed E-state index contributed by atoms with van der Waals surface area (Å²) < 4.78 is 5.28. The largest absolute Gasteiger partial charge is 0.480 e. The van der Waals surface area contributed by atoms with Crippen molar-refractivity contribution in [2.45, 2.75) is 57.6 Å². The molecule has 2 amide bonds. The van der Waals surface area contributed by atoms with Crippen LogP contribution >= 0.6 is 0 Å². The van der Waals surface area contributed by atoms with E-state index in [0.717, 1.165) is 0 Å². The van der Waals surface area contributed by atoms with Crippen LogP contribution in [0.15, 0.2) is 0 Å². The van der Waals surface area contributed by atoms with Gasteiger partial charge >= 0.3 is 12.0 Å². The van der Waals surface area contributed by atoms with Gasteiger partial charge in [-0.25, -0.2) is 9.59 Å². The lowest BCUT2D eigenvalue weighted by molar-refractivity contribution is -0.145. The van der Waals surface area contributed by atoms with Gasteiger partial charge in [-0.15, -0.1) is 0 Å². The Morgan fingerprint density at radius 1 is 1.24 bits per heavy atom. The van der Waals surface area contributed by atoms with Crippen LogP contribution in [0.4, 0.5) is 4.79 Å². The molecule has 1 unspecified atom stereocenters. The van der Waals surface area contributed by atoms with Crippen molar-refractivity contribution in [2.75, 3.05) is 19.7 Å². The van der Waals surface area contributed by atoms with E-state index in [1.54, 1.807) is 0 Å². The van der Waals surface area contributed by atoms with Gasteiger partial charge < -0.3 is 20.1 Å². The molecule has 6 nitrogen and oxygen atoms in total. The van der Waals surface area contributed by atoms with Gasteiger partial charge in [-0.05, 0) is 38.5 Å². The molecule has 0 aromatic heterocycles. The van der Waals surface area contributed by atoms with Crippen LogP contribution in [0.25, 0.3) is 0 Å². The molecule has 2 aliphatic rings. The van der Waals surface area contributed by atoms with Crippen LogP contribution in [-0.2, 0) is 9.53 Å². The third-order valence-electron chi connectivity index (χ3n) is 4.63. The molecule has 1 heterocycles. The highest BCUT2D eigenvalue weighted by Crippen LogP contribution is 2.27. The number of carbonyl (C=O) groups excluding carboxylic acids is 1. The average molecular weight is 298 g/mol. The number of rotatable bonds is 5. The number of hydrogen-bond donors (Lipinski definition) is 2. The number of amides is 2. The first kappa shape index (κ1) is 16.1. The standard InChI is InChI=1S/C15H26N2O4/c1-11(12-4-2-3-5-12)16-15(20)17-8-6-13(7-9-17)21-10-14(18)19/h11-13H,2-10H2,1H3,(H,16,20)(H,18,19). The number of ether oxygens (including phenoxy) is 1. The van der Waals surface area contributed by atoms with Crippen molar-refractivity contribution in [3.8, 4) is 0 Å². The molecule has 2 fully saturated rings. The van der Waals surface area contributed by atoms with Crippen molar-refractivity contribution in [1.82, 2.24) is 10.2 Å². The van der Waals surface area contributed by atoms with Gasteiger partial charge in [0.25, 0.3) is 0 Å². The molecule has 0 spiro atoms. The molecule has 21 heavy (non-hydrogen) atoms. The summed E-state index contributed by atoms with van der Waals surface area (Å²) in [7, 11) is 0. The summed E-state index contributed by atoms with van der Waals surface area (Å²) in [6.45, 7) is 3.10. The molecule has 1 aliphatic carbocycles. The molecule has 1 saturated carbocycles. The molecule has 6 heteroatoms. The van der Waals surface area contributed by atoms with E-state index >= 15 is 0 Å². The van der Waals surface area contributed by atoms with E-state index in [0.29, 0.717) is 31.8 Å². The van der Waals surface area contributed by atoms with Gasteiger partial charge in [0.1, 0.15) is 6.61 Å². The molecule has 0 bridgehead atoms. The minimum Gasteiger partial charge on any atom is -0.480 e. The Morgan fingerprint density at radius 2 is 1.86 bits per heavy atom. The number of nitrogens with zero attached hydrogens (tertiary/aromatic N) is 1. The topological polar surface area (TPSA) is 78.9 Å². The molecule has 1 saturated heterocycles. The molecule has 120 valence electrons. The average Bonchev–Trinajstić information content (AvgIpc) is 3.00. The van der Waals surface area contributed by atoms with Crippen molar-refractivity contribution < 1.29 is 19.4 Å². The first-order valence-corrected chi connectivity index (χ1v) is 7.95. The lowest BCUT2D eigenvalue weighted by Gasteiger charge is -2.33. The number of urea groups is 1. The van der Waals surface area contributed by atoms with Gasteiger partial charge in [0.2, 0.25) is 0 Å². The number of carbonyl (C=O) groups is 2. The van der Waals surface area contributed by atoms with Crippen molar-refractivity contribution in [3.05, 3.63) is 0 Å². The Labute approximate surface area is 125 Å². The molecular weight excluding hydrogens is 272 g/mol. The molecule has 0 radical (unpaired) electrons. The number of hydrogen-bond acceptors (Lipinski definition) is 3. The zero-order chi connectivity index (χ0) is 15.2. The van der Waals surface area contributed by atoms with Crippen molar-refractivity contribution in [1.29, 1.82) is 0 Å². The van der Waals surface area contributed by atoms with E-state index in [9.17, 15) is 9.59 Å². The summed E-state index contributed by atoms with van der Waals surface area (Å²) in [5.74, 6) is -0.328. The zero-order valence-electron chi connectivity index (χ0n) is 12.7. The highest BCUT2D eigenvalue weighted by atomic mass is 16.5. The smallest absolute Gasteiger partial charge is 0.329 e. The number of carboxylic acid groups (broad SMARTS) is 1. The fourth-order valence-corrected chi connectivity index (χ4v) is 3.28. The van der Waals surface area contributed by atoms with Gasteiger partial charge in [0.15, 0.2) is 0 Å². The minimum absolute atomic E-state index is 0.00563. The van der Waals surface area contributed by atoms with Gasteiger partial charge in [-0.2, -0.15) is 0 Å². The van der Waals surface area contributed by atoms with Crippen molar-refractivity contribution in [3.63, 3.8) is 0 Å². The highest BCUT2D eigenvalue weighted by Gasteiger charge is 2.27. The molecule has 1 aliphatic heterocycles. The monoisotopic (exact) mass is 298 g/mol. The Morgan fingerprint density at radius 3 is 2.43 bits per heavy atom. The molecule has 1 atom stereocenters. The molecule has 0 aromatic carbocycles. The van der Waals surface area contributed by atoms with Crippen molar-refractivity contribution >= 4 is 12.0 Å². The number of nitrogens with one attached hydrogen (secondary N) is 1. The molecule has 2 N–H and O–H groups in total. The lowest BCUT2D eigenvalue weighted by atomic mass is 10.00. The Kier molecular flexibility index (Phi) is 5.85. The molecule has 2 rings (SSSR count). The lowest BCUT2D eigenvalue weighted by Crippen LogP contribution is -2.49. The first-order valence-electron chi connectivity index (χ1n) is 7.95. The predicted molar refractivity (Wildman–Crippen MR) is 78.1 cm³/mol. The van der Waals surface area contributed by atoms with E-state index in [-0.39, 0.29) is 24.8 Å². The Hall–Kier alpha value is -1.30. The second-order valence-corrected chi connectivity index (χ2v) is 6.17. The normalized spacial score (nSPS) is 22.2. The number of piperidine rings is 1. The van der Waals surface area contributed by atoms with E-state index < -0.39 is 5.97 Å². The molecular formula is C15H26N2O4. The zero-order valence-corrected chi connectivity index (χ0v) is 12.7. The van der Waals surface area contributed by atoms with Crippen LogP contribution < -0.4 is 5.32 Å². The van der Waals surface area contributed by atoms with Crippen LogP contribution in [0, 0.1) is 5.92 Å². The Bertz CT molecular complexity index is 361. The summed E-state index contributed by atoms with van der Waals surface area (Å²) in [6.07, 6.45) is 6.35. The quantitative estimate of drug-likeness (QED) is 0.811. The SMILES string of the molecule is CC(NC(=O)N1CCC(OCC(=O)O)CC1)C1CCCC1. The third kappa shape index (κ3) is 4.88. The van der Waals surface area contributed by atoms with Crippen LogP contribution in [0.3, 0.4) is 0 Å². The highest BCUT2D eigenvalue weighted by molar-refractivity contribution is 5.74. The van der Waals surface area contributed by atoms with Crippen LogP contribution in [0.5, 0.6) is 0 Å². The summed E-state index contributed by atoms with van der Waals surface area (Å²) in [5.41, 5.74) is 0. The van der Waals surface area contributed by atoms with E-state index in [1.165, 1.54) is 25.7 Å². The maximum absolute atomic E-state index is 12.2. The minimum atomic E-state index is -0.944. The summed E-state index contributed by atoms with van der Waals surface area (Å²) >= 11 is 0.